The average molecular weight is 172 g/mol. The van der Waals surface area contributed by atoms with Crippen LogP contribution in [0.25, 0.3) is 0 Å². The topological polar surface area (TPSA) is 38.7 Å². The zero-order valence-electron chi connectivity index (χ0n) is 7.67. The molecular weight excluding hydrogens is 156 g/mol. The van der Waals surface area contributed by atoms with Crippen molar-refractivity contribution < 1.29 is 14.6 Å². The molecule has 2 rings (SSSR count). The van der Waals surface area contributed by atoms with Crippen molar-refractivity contribution in [1.29, 1.82) is 0 Å². The fourth-order valence-corrected chi connectivity index (χ4v) is 1.98. The monoisotopic (exact) mass is 172 g/mol. The summed E-state index contributed by atoms with van der Waals surface area (Å²) in [6.07, 6.45) is 2.66. The van der Waals surface area contributed by atoms with E-state index in [4.69, 9.17) is 9.47 Å². The van der Waals surface area contributed by atoms with Crippen LogP contribution >= 0.6 is 0 Å². The molecule has 0 aromatic rings. The standard InChI is InChI=1S/C9H16O3/c1-3-8(2)7-4-5-9(10,12-7)6-11-8/h7,10H,3-6H2,1-2H3. The lowest BCUT2D eigenvalue weighted by atomic mass is 9.94. The summed E-state index contributed by atoms with van der Waals surface area (Å²) in [5.41, 5.74) is -0.178. The first-order chi connectivity index (χ1) is 5.58. The normalized spacial score (nSPS) is 52.8. The minimum absolute atomic E-state index is 0.0845. The van der Waals surface area contributed by atoms with E-state index >= 15 is 0 Å². The van der Waals surface area contributed by atoms with Crippen LogP contribution in [0, 0.1) is 0 Å². The van der Waals surface area contributed by atoms with Gasteiger partial charge in [0, 0.05) is 6.42 Å². The fourth-order valence-electron chi connectivity index (χ4n) is 1.98. The van der Waals surface area contributed by atoms with Gasteiger partial charge >= 0.3 is 0 Å². The van der Waals surface area contributed by atoms with Gasteiger partial charge in [0.05, 0.1) is 11.7 Å². The molecule has 0 saturated carbocycles. The van der Waals surface area contributed by atoms with Gasteiger partial charge in [0.2, 0.25) is 0 Å². The van der Waals surface area contributed by atoms with Crippen LogP contribution < -0.4 is 0 Å². The van der Waals surface area contributed by atoms with Crippen LogP contribution in [0.4, 0.5) is 0 Å². The number of fused-ring (bicyclic) bond motifs is 2. The van der Waals surface area contributed by atoms with Gasteiger partial charge in [-0.2, -0.15) is 0 Å². The minimum atomic E-state index is -0.973. The average Bonchev–Trinajstić information content (AvgIpc) is 2.40. The Hall–Kier alpha value is -0.120. The molecule has 1 N–H and O–H groups in total. The Kier molecular flexibility index (Phi) is 1.72. The van der Waals surface area contributed by atoms with Crippen molar-refractivity contribution in [3.8, 4) is 0 Å². The van der Waals surface area contributed by atoms with Gasteiger partial charge in [-0.15, -0.1) is 0 Å². The molecule has 0 amide bonds. The smallest absolute Gasteiger partial charge is 0.189 e. The number of rotatable bonds is 1. The molecule has 0 aliphatic carbocycles. The third-order valence-corrected chi connectivity index (χ3v) is 3.17. The molecule has 2 saturated heterocycles. The van der Waals surface area contributed by atoms with Gasteiger partial charge in [-0.3, -0.25) is 0 Å². The molecule has 3 unspecified atom stereocenters. The van der Waals surface area contributed by atoms with E-state index in [0.29, 0.717) is 13.0 Å². The molecule has 0 radical (unpaired) electrons. The van der Waals surface area contributed by atoms with Crippen LogP contribution in [0.2, 0.25) is 0 Å². The summed E-state index contributed by atoms with van der Waals surface area (Å²) >= 11 is 0. The van der Waals surface area contributed by atoms with Crippen molar-refractivity contribution in [2.75, 3.05) is 6.61 Å². The molecule has 3 nitrogen and oxygen atoms in total. The lowest BCUT2D eigenvalue weighted by Gasteiger charge is -2.41. The van der Waals surface area contributed by atoms with Crippen molar-refractivity contribution in [2.45, 2.75) is 50.6 Å². The zero-order chi connectivity index (χ0) is 8.82. The molecule has 2 heterocycles. The third-order valence-electron chi connectivity index (χ3n) is 3.17. The predicted molar refractivity (Wildman–Crippen MR) is 43.7 cm³/mol. The second-order valence-corrected chi connectivity index (χ2v) is 4.05. The molecule has 2 fully saturated rings. The lowest BCUT2D eigenvalue weighted by Crippen LogP contribution is -2.52. The maximum absolute atomic E-state index is 9.70. The van der Waals surface area contributed by atoms with E-state index in [9.17, 15) is 5.11 Å². The summed E-state index contributed by atoms with van der Waals surface area (Å²) in [5.74, 6) is -0.973. The molecular formula is C9H16O3. The first kappa shape index (κ1) is 8.48. The molecule has 0 aromatic carbocycles. The molecule has 2 bridgehead atoms. The minimum Gasteiger partial charge on any atom is -0.367 e. The largest absolute Gasteiger partial charge is 0.367 e. The van der Waals surface area contributed by atoms with Gasteiger partial charge in [0.25, 0.3) is 0 Å². The Labute approximate surface area is 72.7 Å². The van der Waals surface area contributed by atoms with Crippen LogP contribution in [0.15, 0.2) is 0 Å². The Morgan fingerprint density at radius 3 is 3.00 bits per heavy atom. The van der Waals surface area contributed by atoms with E-state index in [1.54, 1.807) is 0 Å². The van der Waals surface area contributed by atoms with Crippen molar-refractivity contribution in [2.24, 2.45) is 0 Å². The SMILES string of the molecule is CCC1(C)OCC2(O)CCC1O2. The quantitative estimate of drug-likeness (QED) is 0.642. The second-order valence-electron chi connectivity index (χ2n) is 4.05. The molecule has 3 heteroatoms. The van der Waals surface area contributed by atoms with Crippen molar-refractivity contribution >= 4 is 0 Å². The highest BCUT2D eigenvalue weighted by Gasteiger charge is 2.52. The summed E-state index contributed by atoms with van der Waals surface area (Å²) in [5, 5.41) is 9.70. The van der Waals surface area contributed by atoms with E-state index in [1.165, 1.54) is 0 Å². The molecule has 2 aliphatic rings. The van der Waals surface area contributed by atoms with Crippen molar-refractivity contribution in [1.82, 2.24) is 0 Å². The summed E-state index contributed by atoms with van der Waals surface area (Å²) in [7, 11) is 0. The Balaban J connectivity index is 2.16. The van der Waals surface area contributed by atoms with E-state index < -0.39 is 5.79 Å². The molecule has 3 atom stereocenters. The molecule has 2 aliphatic heterocycles. The maximum atomic E-state index is 9.70. The lowest BCUT2D eigenvalue weighted by molar-refractivity contribution is -0.310. The maximum Gasteiger partial charge on any atom is 0.189 e. The van der Waals surface area contributed by atoms with E-state index in [0.717, 1.165) is 12.8 Å². The van der Waals surface area contributed by atoms with Gasteiger partial charge in [0.1, 0.15) is 6.61 Å². The number of ether oxygens (including phenoxy) is 2. The first-order valence-corrected chi connectivity index (χ1v) is 4.62. The van der Waals surface area contributed by atoms with E-state index in [1.807, 2.05) is 0 Å². The Morgan fingerprint density at radius 2 is 2.33 bits per heavy atom. The summed E-state index contributed by atoms with van der Waals surface area (Å²) < 4.78 is 11.2. The van der Waals surface area contributed by atoms with Gasteiger partial charge in [-0.25, -0.2) is 0 Å². The van der Waals surface area contributed by atoms with Gasteiger partial charge in [-0.1, -0.05) is 6.92 Å². The number of hydrogen-bond acceptors (Lipinski definition) is 3. The molecule has 0 spiro atoms. The first-order valence-electron chi connectivity index (χ1n) is 4.62. The highest BCUT2D eigenvalue weighted by Crippen LogP contribution is 2.42. The molecule has 0 aromatic heterocycles. The number of hydrogen-bond donors (Lipinski definition) is 1. The highest BCUT2D eigenvalue weighted by atomic mass is 16.7. The Morgan fingerprint density at radius 1 is 1.58 bits per heavy atom. The summed E-state index contributed by atoms with van der Waals surface area (Å²) in [4.78, 5) is 0. The van der Waals surface area contributed by atoms with Gasteiger partial charge < -0.3 is 14.6 Å². The van der Waals surface area contributed by atoms with Gasteiger partial charge in [-0.05, 0) is 19.8 Å². The van der Waals surface area contributed by atoms with Crippen LogP contribution in [0.5, 0.6) is 0 Å². The Bertz CT molecular complexity index is 194. The van der Waals surface area contributed by atoms with Gasteiger partial charge in [0.15, 0.2) is 5.79 Å². The molecule has 12 heavy (non-hydrogen) atoms. The van der Waals surface area contributed by atoms with Crippen LogP contribution in [-0.2, 0) is 9.47 Å². The highest BCUT2D eigenvalue weighted by molar-refractivity contribution is 4.96. The fraction of sp³-hybridized carbons (Fsp3) is 1.00. The van der Waals surface area contributed by atoms with Crippen LogP contribution in [-0.4, -0.2) is 29.2 Å². The summed E-state index contributed by atoms with van der Waals surface area (Å²) in [6, 6.07) is 0. The number of aliphatic hydroxyl groups is 1. The van der Waals surface area contributed by atoms with Crippen LogP contribution in [0.1, 0.15) is 33.1 Å². The molecule has 70 valence electrons. The van der Waals surface area contributed by atoms with E-state index in [2.05, 4.69) is 13.8 Å². The van der Waals surface area contributed by atoms with E-state index in [-0.39, 0.29) is 11.7 Å². The third kappa shape index (κ3) is 1.08. The predicted octanol–water partition coefficient (Wildman–Crippen LogP) is 1.05. The summed E-state index contributed by atoms with van der Waals surface area (Å²) in [6.45, 7) is 4.47. The van der Waals surface area contributed by atoms with Crippen LogP contribution in [0.3, 0.4) is 0 Å². The zero-order valence-corrected chi connectivity index (χ0v) is 7.67. The van der Waals surface area contributed by atoms with Crippen molar-refractivity contribution in [3.63, 3.8) is 0 Å². The second kappa shape index (κ2) is 2.44. The van der Waals surface area contributed by atoms with Crippen molar-refractivity contribution in [3.05, 3.63) is 0 Å².